The molecular formula is C20H27ClN2O2. The smallest absolute Gasteiger partial charge is 0.220 e. The van der Waals surface area contributed by atoms with Gasteiger partial charge in [-0.25, -0.2) is 0 Å². The number of anilines is 1. The molecule has 0 radical (unpaired) electrons. The molecule has 3 N–H and O–H groups in total. The highest BCUT2D eigenvalue weighted by molar-refractivity contribution is 5.85. The molecule has 25 heavy (non-hydrogen) atoms. The van der Waals surface area contributed by atoms with Gasteiger partial charge in [0.25, 0.3) is 0 Å². The molecule has 0 saturated carbocycles. The Kier molecular flexibility index (Phi) is 8.29. The van der Waals surface area contributed by atoms with E-state index in [1.54, 1.807) is 7.11 Å². The first-order chi connectivity index (χ1) is 11.5. The number of nitrogens with two attached hydrogens (primary N) is 1. The van der Waals surface area contributed by atoms with Crippen LogP contribution in [0.3, 0.4) is 0 Å². The molecule has 5 heteroatoms. The molecule has 1 atom stereocenters. The van der Waals surface area contributed by atoms with Crippen molar-refractivity contribution in [2.75, 3.05) is 12.8 Å². The highest BCUT2D eigenvalue weighted by Gasteiger charge is 2.18. The fourth-order valence-electron chi connectivity index (χ4n) is 2.70. The molecule has 0 aromatic heterocycles. The summed E-state index contributed by atoms with van der Waals surface area (Å²) in [5, 5.41) is 3.14. The molecule has 4 nitrogen and oxygen atoms in total. The molecule has 2 aromatic carbocycles. The van der Waals surface area contributed by atoms with Crippen molar-refractivity contribution in [3.05, 3.63) is 59.7 Å². The maximum absolute atomic E-state index is 12.4. The molecule has 0 aliphatic heterocycles. The fourth-order valence-corrected chi connectivity index (χ4v) is 2.70. The predicted molar refractivity (Wildman–Crippen MR) is 105 cm³/mol. The van der Waals surface area contributed by atoms with Crippen LogP contribution < -0.4 is 15.8 Å². The number of benzene rings is 2. The van der Waals surface area contributed by atoms with Gasteiger partial charge in [-0.1, -0.05) is 44.2 Å². The van der Waals surface area contributed by atoms with Gasteiger partial charge in [0, 0.05) is 12.1 Å². The molecule has 0 heterocycles. The van der Waals surface area contributed by atoms with Crippen LogP contribution >= 0.6 is 12.4 Å². The molecule has 0 bridgehead atoms. The van der Waals surface area contributed by atoms with Crippen LogP contribution in [0.4, 0.5) is 5.69 Å². The molecule has 2 rings (SSSR count). The van der Waals surface area contributed by atoms with Crippen molar-refractivity contribution in [1.82, 2.24) is 5.32 Å². The number of amides is 1. The third-order valence-electron chi connectivity index (χ3n) is 4.13. The van der Waals surface area contributed by atoms with Gasteiger partial charge in [0.2, 0.25) is 5.91 Å². The van der Waals surface area contributed by atoms with E-state index in [1.165, 1.54) is 0 Å². The molecule has 0 spiro atoms. The molecule has 2 aromatic rings. The third-order valence-corrected chi connectivity index (χ3v) is 4.13. The van der Waals surface area contributed by atoms with Crippen LogP contribution in [0.5, 0.6) is 5.75 Å². The van der Waals surface area contributed by atoms with Gasteiger partial charge in [-0.3, -0.25) is 4.79 Å². The second-order valence-corrected chi connectivity index (χ2v) is 6.26. The molecule has 0 aliphatic carbocycles. The molecule has 0 aliphatic rings. The standard InChI is InChI=1S/C20H26N2O2.ClH/c1-14(2)20(16-8-11-17(24-3)12-9-16)22-19(23)13-10-15-6-4-5-7-18(15)21;/h4-9,11-12,14,20H,10,13,21H2,1-3H3,(H,22,23);1H. The lowest BCUT2D eigenvalue weighted by Gasteiger charge is -2.23. The average molecular weight is 363 g/mol. The Bertz CT molecular complexity index is 672. The second kappa shape index (κ2) is 9.94. The number of hydrogen-bond acceptors (Lipinski definition) is 3. The Morgan fingerprint density at radius 1 is 1.12 bits per heavy atom. The topological polar surface area (TPSA) is 64.3 Å². The summed E-state index contributed by atoms with van der Waals surface area (Å²) >= 11 is 0. The van der Waals surface area contributed by atoms with Crippen LogP contribution in [-0.2, 0) is 11.2 Å². The summed E-state index contributed by atoms with van der Waals surface area (Å²) in [4.78, 5) is 12.4. The lowest BCUT2D eigenvalue weighted by molar-refractivity contribution is -0.122. The van der Waals surface area contributed by atoms with Gasteiger partial charge in [0.1, 0.15) is 5.75 Å². The summed E-state index contributed by atoms with van der Waals surface area (Å²) in [6.45, 7) is 4.20. The average Bonchev–Trinajstić information content (AvgIpc) is 2.59. The highest BCUT2D eigenvalue weighted by Crippen LogP contribution is 2.24. The van der Waals surface area contributed by atoms with E-state index in [9.17, 15) is 4.79 Å². The summed E-state index contributed by atoms with van der Waals surface area (Å²) in [5.41, 5.74) is 8.76. The van der Waals surface area contributed by atoms with Crippen molar-refractivity contribution in [2.24, 2.45) is 5.92 Å². The highest BCUT2D eigenvalue weighted by atomic mass is 35.5. The van der Waals surface area contributed by atoms with Crippen LogP contribution in [0.1, 0.15) is 37.4 Å². The SMILES string of the molecule is COc1ccc(C(NC(=O)CCc2ccccc2N)C(C)C)cc1.Cl. The number of methoxy groups -OCH3 is 1. The summed E-state index contributed by atoms with van der Waals surface area (Å²) < 4.78 is 5.19. The number of rotatable bonds is 7. The van der Waals surface area contributed by atoms with Gasteiger partial charge in [-0.2, -0.15) is 0 Å². The zero-order valence-electron chi connectivity index (χ0n) is 15.0. The van der Waals surface area contributed by atoms with Crippen LogP contribution in [0.25, 0.3) is 0 Å². The largest absolute Gasteiger partial charge is 0.497 e. The first-order valence-electron chi connectivity index (χ1n) is 8.28. The zero-order chi connectivity index (χ0) is 17.5. The van der Waals surface area contributed by atoms with Crippen LogP contribution in [0.2, 0.25) is 0 Å². The Balaban J connectivity index is 0.00000312. The molecule has 0 fully saturated rings. The van der Waals surface area contributed by atoms with Crippen molar-refractivity contribution in [3.63, 3.8) is 0 Å². The minimum Gasteiger partial charge on any atom is -0.497 e. The molecular weight excluding hydrogens is 336 g/mol. The van der Waals surface area contributed by atoms with Gasteiger partial charge in [-0.15, -0.1) is 12.4 Å². The van der Waals surface area contributed by atoms with Crippen LogP contribution in [0, 0.1) is 5.92 Å². The number of nitrogen functional groups attached to an aromatic ring is 1. The molecule has 1 unspecified atom stereocenters. The Labute approximate surface area is 156 Å². The summed E-state index contributed by atoms with van der Waals surface area (Å²) in [6.07, 6.45) is 1.07. The number of carbonyl (C=O) groups is 1. The van der Waals surface area contributed by atoms with Crippen molar-refractivity contribution in [1.29, 1.82) is 0 Å². The minimum absolute atomic E-state index is 0. The summed E-state index contributed by atoms with van der Waals surface area (Å²) in [6, 6.07) is 15.5. The van der Waals surface area contributed by atoms with E-state index in [0.29, 0.717) is 18.8 Å². The quantitative estimate of drug-likeness (QED) is 0.727. The minimum atomic E-state index is -0.0171. The van der Waals surface area contributed by atoms with E-state index < -0.39 is 0 Å². The van der Waals surface area contributed by atoms with E-state index in [4.69, 9.17) is 10.5 Å². The van der Waals surface area contributed by atoms with Gasteiger partial charge in [0.15, 0.2) is 0 Å². The lowest BCUT2D eigenvalue weighted by atomic mass is 9.95. The number of nitrogens with one attached hydrogen (secondary N) is 1. The van der Waals surface area contributed by atoms with Crippen molar-refractivity contribution in [3.8, 4) is 5.75 Å². The summed E-state index contributed by atoms with van der Waals surface area (Å²) in [5.74, 6) is 1.14. The van der Waals surface area contributed by atoms with E-state index in [1.807, 2.05) is 48.5 Å². The zero-order valence-corrected chi connectivity index (χ0v) is 15.8. The fraction of sp³-hybridized carbons (Fsp3) is 0.350. The van der Waals surface area contributed by atoms with Crippen molar-refractivity contribution >= 4 is 24.0 Å². The number of hydrogen-bond donors (Lipinski definition) is 2. The number of ether oxygens (including phenoxy) is 1. The van der Waals surface area contributed by atoms with E-state index >= 15 is 0 Å². The monoisotopic (exact) mass is 362 g/mol. The summed E-state index contributed by atoms with van der Waals surface area (Å²) in [7, 11) is 1.64. The predicted octanol–water partition coefficient (Wildman–Crippen LogP) is 4.15. The Hall–Kier alpha value is -2.20. The van der Waals surface area contributed by atoms with Gasteiger partial charge >= 0.3 is 0 Å². The van der Waals surface area contributed by atoms with Gasteiger partial charge in [0.05, 0.1) is 13.2 Å². The number of para-hydroxylation sites is 1. The second-order valence-electron chi connectivity index (χ2n) is 6.26. The first-order valence-corrected chi connectivity index (χ1v) is 8.28. The molecule has 136 valence electrons. The van der Waals surface area contributed by atoms with Crippen LogP contribution in [0.15, 0.2) is 48.5 Å². The number of aryl methyl sites for hydroxylation is 1. The van der Waals surface area contributed by atoms with Crippen molar-refractivity contribution < 1.29 is 9.53 Å². The van der Waals surface area contributed by atoms with Crippen LogP contribution in [-0.4, -0.2) is 13.0 Å². The van der Waals surface area contributed by atoms with Gasteiger partial charge < -0.3 is 15.8 Å². The van der Waals surface area contributed by atoms with E-state index in [-0.39, 0.29) is 24.4 Å². The maximum atomic E-state index is 12.4. The molecule has 0 saturated heterocycles. The number of carbonyl (C=O) groups excluding carboxylic acids is 1. The van der Waals surface area contributed by atoms with E-state index in [0.717, 1.165) is 22.6 Å². The Morgan fingerprint density at radius 2 is 1.76 bits per heavy atom. The van der Waals surface area contributed by atoms with Gasteiger partial charge in [-0.05, 0) is 41.7 Å². The third kappa shape index (κ3) is 5.98. The lowest BCUT2D eigenvalue weighted by Crippen LogP contribution is -2.31. The first kappa shape index (κ1) is 20.8. The van der Waals surface area contributed by atoms with E-state index in [2.05, 4.69) is 19.2 Å². The number of halogens is 1. The van der Waals surface area contributed by atoms with Crippen molar-refractivity contribution in [2.45, 2.75) is 32.7 Å². The normalized spacial score (nSPS) is 11.5. The maximum Gasteiger partial charge on any atom is 0.220 e. The molecule has 1 amide bonds. The Morgan fingerprint density at radius 3 is 2.32 bits per heavy atom.